The van der Waals surface area contributed by atoms with Crippen LogP contribution in [0.3, 0.4) is 0 Å². The number of hydrogen-bond acceptors (Lipinski definition) is 2. The highest BCUT2D eigenvalue weighted by molar-refractivity contribution is 5.13. The van der Waals surface area contributed by atoms with E-state index in [0.29, 0.717) is 17.9 Å². The SMILES string of the molecule is CC(C)COCC1(COCc2ccccc2)CC1. The summed E-state index contributed by atoms with van der Waals surface area (Å²) in [4.78, 5) is 0. The monoisotopic (exact) mass is 248 g/mol. The maximum atomic E-state index is 5.82. The Kier molecular flexibility index (Phi) is 4.79. The summed E-state index contributed by atoms with van der Waals surface area (Å²) in [6, 6.07) is 10.4. The molecule has 0 heterocycles. The molecule has 18 heavy (non-hydrogen) atoms. The second-order valence-electron chi connectivity index (χ2n) is 5.89. The van der Waals surface area contributed by atoms with E-state index in [1.807, 2.05) is 6.07 Å². The Bertz CT molecular complexity index is 341. The van der Waals surface area contributed by atoms with Crippen molar-refractivity contribution in [2.45, 2.75) is 33.3 Å². The van der Waals surface area contributed by atoms with Crippen molar-refractivity contribution in [2.75, 3.05) is 19.8 Å². The molecule has 1 fully saturated rings. The molecule has 100 valence electrons. The summed E-state index contributed by atoms with van der Waals surface area (Å²) in [6.45, 7) is 7.64. The Labute approximate surface area is 110 Å². The molecular formula is C16H24O2. The smallest absolute Gasteiger partial charge is 0.0717 e. The zero-order valence-corrected chi connectivity index (χ0v) is 11.5. The second kappa shape index (κ2) is 6.35. The van der Waals surface area contributed by atoms with Crippen LogP contribution in [-0.2, 0) is 16.1 Å². The standard InChI is InChI=1S/C16H24O2/c1-14(2)10-17-12-16(8-9-16)13-18-11-15-6-4-3-5-7-15/h3-7,14H,8-13H2,1-2H3. The lowest BCUT2D eigenvalue weighted by Crippen LogP contribution is -2.19. The molecule has 0 radical (unpaired) electrons. The van der Waals surface area contributed by atoms with E-state index in [1.54, 1.807) is 0 Å². The maximum absolute atomic E-state index is 5.82. The van der Waals surface area contributed by atoms with Crippen molar-refractivity contribution in [2.24, 2.45) is 11.3 Å². The molecule has 0 saturated heterocycles. The molecule has 0 spiro atoms. The van der Waals surface area contributed by atoms with Crippen LogP contribution in [0, 0.1) is 11.3 Å². The average molecular weight is 248 g/mol. The van der Waals surface area contributed by atoms with Crippen LogP contribution in [0.15, 0.2) is 30.3 Å². The van der Waals surface area contributed by atoms with Gasteiger partial charge < -0.3 is 9.47 Å². The van der Waals surface area contributed by atoms with E-state index in [4.69, 9.17) is 9.47 Å². The Morgan fingerprint density at radius 3 is 2.33 bits per heavy atom. The average Bonchev–Trinajstić information content (AvgIpc) is 3.10. The lowest BCUT2D eigenvalue weighted by atomic mass is 10.1. The van der Waals surface area contributed by atoms with E-state index in [0.717, 1.165) is 19.8 Å². The molecule has 1 saturated carbocycles. The van der Waals surface area contributed by atoms with Crippen LogP contribution in [0.4, 0.5) is 0 Å². The summed E-state index contributed by atoms with van der Waals surface area (Å²) in [5.41, 5.74) is 1.57. The third kappa shape index (κ3) is 4.43. The Balaban J connectivity index is 1.64. The van der Waals surface area contributed by atoms with E-state index in [-0.39, 0.29) is 0 Å². The molecular weight excluding hydrogens is 224 g/mol. The molecule has 1 aromatic rings. The van der Waals surface area contributed by atoms with Gasteiger partial charge in [0.05, 0.1) is 19.8 Å². The van der Waals surface area contributed by atoms with Crippen LogP contribution in [0.25, 0.3) is 0 Å². The van der Waals surface area contributed by atoms with E-state index < -0.39 is 0 Å². The summed E-state index contributed by atoms with van der Waals surface area (Å²) in [5, 5.41) is 0. The fourth-order valence-electron chi connectivity index (χ4n) is 1.98. The van der Waals surface area contributed by atoms with Crippen molar-refractivity contribution in [1.29, 1.82) is 0 Å². The molecule has 0 unspecified atom stereocenters. The van der Waals surface area contributed by atoms with Crippen LogP contribution >= 0.6 is 0 Å². The summed E-state index contributed by atoms with van der Waals surface area (Å²) in [6.07, 6.45) is 2.50. The lowest BCUT2D eigenvalue weighted by Gasteiger charge is -2.16. The third-order valence-corrected chi connectivity index (χ3v) is 3.34. The molecule has 2 heteroatoms. The molecule has 0 bridgehead atoms. The highest BCUT2D eigenvalue weighted by Crippen LogP contribution is 2.46. The molecule has 2 rings (SSSR count). The molecule has 1 aliphatic rings. The Morgan fingerprint density at radius 2 is 1.72 bits per heavy atom. The Hall–Kier alpha value is -0.860. The third-order valence-electron chi connectivity index (χ3n) is 3.34. The van der Waals surface area contributed by atoms with E-state index in [9.17, 15) is 0 Å². The minimum atomic E-state index is 0.323. The molecule has 0 N–H and O–H groups in total. The van der Waals surface area contributed by atoms with E-state index >= 15 is 0 Å². The predicted octanol–water partition coefficient (Wildman–Crippen LogP) is 3.66. The van der Waals surface area contributed by atoms with Crippen molar-refractivity contribution in [3.05, 3.63) is 35.9 Å². The summed E-state index contributed by atoms with van der Waals surface area (Å²) >= 11 is 0. The van der Waals surface area contributed by atoms with Crippen molar-refractivity contribution < 1.29 is 9.47 Å². The first-order valence-corrected chi connectivity index (χ1v) is 6.90. The highest BCUT2D eigenvalue weighted by Gasteiger charge is 2.43. The number of benzene rings is 1. The van der Waals surface area contributed by atoms with Gasteiger partial charge in [-0.1, -0.05) is 44.2 Å². The van der Waals surface area contributed by atoms with Gasteiger partial charge in [-0.3, -0.25) is 0 Å². The fourth-order valence-corrected chi connectivity index (χ4v) is 1.98. The largest absolute Gasteiger partial charge is 0.381 e. The maximum Gasteiger partial charge on any atom is 0.0717 e. The van der Waals surface area contributed by atoms with E-state index in [2.05, 4.69) is 38.1 Å². The Morgan fingerprint density at radius 1 is 1.06 bits per heavy atom. The normalized spacial score (nSPS) is 17.1. The van der Waals surface area contributed by atoms with Crippen LogP contribution < -0.4 is 0 Å². The number of rotatable bonds is 8. The van der Waals surface area contributed by atoms with Crippen molar-refractivity contribution in [3.8, 4) is 0 Å². The quantitative estimate of drug-likeness (QED) is 0.699. The van der Waals surface area contributed by atoms with Gasteiger partial charge in [-0.25, -0.2) is 0 Å². The summed E-state index contributed by atoms with van der Waals surface area (Å²) in [5.74, 6) is 0.617. The minimum absolute atomic E-state index is 0.323. The molecule has 1 aliphatic carbocycles. The first kappa shape index (κ1) is 13.6. The van der Waals surface area contributed by atoms with Crippen molar-refractivity contribution in [1.82, 2.24) is 0 Å². The summed E-state index contributed by atoms with van der Waals surface area (Å²) < 4.78 is 11.6. The van der Waals surface area contributed by atoms with Gasteiger partial charge in [0, 0.05) is 12.0 Å². The van der Waals surface area contributed by atoms with Gasteiger partial charge in [0.25, 0.3) is 0 Å². The van der Waals surface area contributed by atoms with Gasteiger partial charge in [0.1, 0.15) is 0 Å². The van der Waals surface area contributed by atoms with Gasteiger partial charge in [-0.15, -0.1) is 0 Å². The second-order valence-corrected chi connectivity index (χ2v) is 5.89. The van der Waals surface area contributed by atoms with Gasteiger partial charge in [-0.05, 0) is 24.3 Å². The predicted molar refractivity (Wildman–Crippen MR) is 73.4 cm³/mol. The molecule has 1 aromatic carbocycles. The van der Waals surface area contributed by atoms with Gasteiger partial charge in [0.15, 0.2) is 0 Å². The topological polar surface area (TPSA) is 18.5 Å². The van der Waals surface area contributed by atoms with Gasteiger partial charge >= 0.3 is 0 Å². The minimum Gasteiger partial charge on any atom is -0.381 e. The molecule has 0 aliphatic heterocycles. The summed E-state index contributed by atoms with van der Waals surface area (Å²) in [7, 11) is 0. The zero-order valence-electron chi connectivity index (χ0n) is 11.5. The van der Waals surface area contributed by atoms with Crippen molar-refractivity contribution >= 4 is 0 Å². The first-order valence-electron chi connectivity index (χ1n) is 6.90. The number of ether oxygens (including phenoxy) is 2. The van der Waals surface area contributed by atoms with E-state index in [1.165, 1.54) is 18.4 Å². The zero-order chi connectivity index (χ0) is 12.8. The molecule has 2 nitrogen and oxygen atoms in total. The lowest BCUT2D eigenvalue weighted by molar-refractivity contribution is 0.0139. The highest BCUT2D eigenvalue weighted by atomic mass is 16.5. The molecule has 0 aromatic heterocycles. The first-order chi connectivity index (χ1) is 8.70. The van der Waals surface area contributed by atoms with Crippen molar-refractivity contribution in [3.63, 3.8) is 0 Å². The van der Waals surface area contributed by atoms with Crippen LogP contribution in [0.2, 0.25) is 0 Å². The van der Waals surface area contributed by atoms with Gasteiger partial charge in [-0.2, -0.15) is 0 Å². The molecule has 0 amide bonds. The van der Waals surface area contributed by atoms with Crippen LogP contribution in [-0.4, -0.2) is 19.8 Å². The van der Waals surface area contributed by atoms with Crippen LogP contribution in [0.1, 0.15) is 32.3 Å². The van der Waals surface area contributed by atoms with Gasteiger partial charge in [0.2, 0.25) is 0 Å². The molecule has 0 atom stereocenters. The van der Waals surface area contributed by atoms with Crippen LogP contribution in [0.5, 0.6) is 0 Å². The fraction of sp³-hybridized carbons (Fsp3) is 0.625. The number of hydrogen-bond donors (Lipinski definition) is 0.